The SMILES string of the molecule is CN1CCN(c2ccc([N+](=O)[O-])c(N3Cc4ccccc4C3)c2)CC1. The van der Waals surface area contributed by atoms with Gasteiger partial charge >= 0.3 is 0 Å². The van der Waals surface area contributed by atoms with Crippen molar-refractivity contribution in [2.75, 3.05) is 43.0 Å². The van der Waals surface area contributed by atoms with Gasteiger partial charge in [0.15, 0.2) is 0 Å². The van der Waals surface area contributed by atoms with E-state index < -0.39 is 0 Å². The van der Waals surface area contributed by atoms with Crippen LogP contribution in [0.25, 0.3) is 0 Å². The first-order valence-corrected chi connectivity index (χ1v) is 8.65. The lowest BCUT2D eigenvalue weighted by molar-refractivity contribution is -0.384. The van der Waals surface area contributed by atoms with Crippen LogP contribution in [0.1, 0.15) is 11.1 Å². The number of fused-ring (bicyclic) bond motifs is 1. The molecule has 0 unspecified atom stereocenters. The number of hydrogen-bond acceptors (Lipinski definition) is 5. The molecular weight excluding hydrogens is 316 g/mol. The average molecular weight is 338 g/mol. The summed E-state index contributed by atoms with van der Waals surface area (Å²) in [6.45, 7) is 5.39. The van der Waals surface area contributed by atoms with Gasteiger partial charge in [0.25, 0.3) is 5.69 Å². The molecule has 0 aromatic heterocycles. The molecule has 0 spiro atoms. The van der Waals surface area contributed by atoms with E-state index in [4.69, 9.17) is 0 Å². The zero-order valence-electron chi connectivity index (χ0n) is 14.4. The lowest BCUT2D eigenvalue weighted by atomic mass is 10.1. The topological polar surface area (TPSA) is 52.9 Å². The summed E-state index contributed by atoms with van der Waals surface area (Å²) in [6, 6.07) is 13.8. The minimum absolute atomic E-state index is 0.186. The largest absolute Gasteiger partial charge is 0.369 e. The van der Waals surface area contributed by atoms with Crippen molar-refractivity contribution >= 4 is 17.1 Å². The lowest BCUT2D eigenvalue weighted by Gasteiger charge is -2.34. The van der Waals surface area contributed by atoms with Crippen molar-refractivity contribution in [3.8, 4) is 0 Å². The second kappa shape index (κ2) is 6.37. The average Bonchev–Trinajstić information content (AvgIpc) is 3.06. The Labute approximate surface area is 147 Å². The Kier molecular flexibility index (Phi) is 4.05. The number of likely N-dealkylation sites (N-methyl/N-ethyl adjacent to an activating group) is 1. The minimum Gasteiger partial charge on any atom is -0.369 e. The number of nitrogens with zero attached hydrogens (tertiary/aromatic N) is 4. The summed E-state index contributed by atoms with van der Waals surface area (Å²) in [5, 5.41) is 11.5. The molecule has 0 radical (unpaired) electrons. The number of nitro groups is 1. The van der Waals surface area contributed by atoms with E-state index in [-0.39, 0.29) is 10.6 Å². The standard InChI is InChI=1S/C19H22N4O2/c1-20-8-10-21(11-9-20)17-6-7-18(23(24)25)19(12-17)22-13-15-4-2-3-5-16(15)14-22/h2-7,12H,8-11,13-14H2,1H3. The number of hydrogen-bond donors (Lipinski definition) is 0. The molecular formula is C19H22N4O2. The second-order valence-corrected chi connectivity index (χ2v) is 6.85. The van der Waals surface area contributed by atoms with Gasteiger partial charge in [-0.3, -0.25) is 10.1 Å². The maximum Gasteiger partial charge on any atom is 0.292 e. The van der Waals surface area contributed by atoms with Gasteiger partial charge in [0.05, 0.1) is 4.92 Å². The molecule has 0 bridgehead atoms. The third kappa shape index (κ3) is 3.05. The van der Waals surface area contributed by atoms with E-state index in [2.05, 4.69) is 33.9 Å². The third-order valence-corrected chi connectivity index (χ3v) is 5.21. The van der Waals surface area contributed by atoms with E-state index in [9.17, 15) is 10.1 Å². The van der Waals surface area contributed by atoms with Crippen LogP contribution in [0.15, 0.2) is 42.5 Å². The molecule has 2 aromatic rings. The molecule has 0 amide bonds. The molecule has 0 N–H and O–H groups in total. The number of nitro benzene ring substituents is 1. The van der Waals surface area contributed by atoms with Crippen molar-refractivity contribution in [1.82, 2.24) is 4.90 Å². The van der Waals surface area contributed by atoms with E-state index in [1.807, 2.05) is 24.3 Å². The van der Waals surface area contributed by atoms with Crippen molar-refractivity contribution in [3.63, 3.8) is 0 Å². The van der Waals surface area contributed by atoms with Gasteiger partial charge in [0.2, 0.25) is 0 Å². The molecule has 25 heavy (non-hydrogen) atoms. The number of piperazine rings is 1. The molecule has 0 atom stereocenters. The maximum absolute atomic E-state index is 11.5. The van der Waals surface area contributed by atoms with Crippen LogP contribution in [-0.2, 0) is 13.1 Å². The summed E-state index contributed by atoms with van der Waals surface area (Å²) in [6.07, 6.45) is 0. The van der Waals surface area contributed by atoms with Crippen molar-refractivity contribution in [1.29, 1.82) is 0 Å². The minimum atomic E-state index is -0.272. The van der Waals surface area contributed by atoms with Crippen LogP contribution in [0.5, 0.6) is 0 Å². The monoisotopic (exact) mass is 338 g/mol. The summed E-state index contributed by atoms with van der Waals surface area (Å²) in [5.41, 5.74) is 4.48. The van der Waals surface area contributed by atoms with Crippen molar-refractivity contribution in [2.45, 2.75) is 13.1 Å². The third-order valence-electron chi connectivity index (χ3n) is 5.21. The van der Waals surface area contributed by atoms with Crippen LogP contribution in [0.2, 0.25) is 0 Å². The fraction of sp³-hybridized carbons (Fsp3) is 0.368. The number of rotatable bonds is 3. The normalized spacial score (nSPS) is 17.6. The maximum atomic E-state index is 11.5. The van der Waals surface area contributed by atoms with Gasteiger partial charge in [-0.05, 0) is 30.3 Å². The quantitative estimate of drug-likeness (QED) is 0.636. The molecule has 2 aliphatic heterocycles. The zero-order valence-corrected chi connectivity index (χ0v) is 14.4. The molecule has 2 aliphatic rings. The van der Waals surface area contributed by atoms with E-state index >= 15 is 0 Å². The molecule has 6 nitrogen and oxygen atoms in total. The van der Waals surface area contributed by atoms with Crippen molar-refractivity contribution in [3.05, 3.63) is 63.7 Å². The molecule has 1 saturated heterocycles. The highest BCUT2D eigenvalue weighted by Gasteiger charge is 2.26. The Hall–Kier alpha value is -2.60. The van der Waals surface area contributed by atoms with E-state index in [0.29, 0.717) is 0 Å². The van der Waals surface area contributed by atoms with Gasteiger partial charge in [-0.25, -0.2) is 0 Å². The fourth-order valence-electron chi connectivity index (χ4n) is 3.68. The van der Waals surface area contributed by atoms with Gasteiger partial charge in [-0.1, -0.05) is 24.3 Å². The van der Waals surface area contributed by atoms with Crippen LogP contribution >= 0.6 is 0 Å². The van der Waals surface area contributed by atoms with E-state index in [0.717, 1.165) is 50.6 Å². The molecule has 4 rings (SSSR count). The molecule has 2 aromatic carbocycles. The van der Waals surface area contributed by atoms with Crippen LogP contribution in [0.4, 0.5) is 17.1 Å². The highest BCUT2D eigenvalue weighted by molar-refractivity contribution is 5.71. The summed E-state index contributed by atoms with van der Waals surface area (Å²) in [4.78, 5) is 18.0. The highest BCUT2D eigenvalue weighted by atomic mass is 16.6. The van der Waals surface area contributed by atoms with Gasteiger partial charge in [0, 0.05) is 51.0 Å². The molecule has 2 heterocycles. The highest BCUT2D eigenvalue weighted by Crippen LogP contribution is 2.37. The first-order chi connectivity index (χ1) is 12.1. The Morgan fingerprint density at radius 1 is 0.920 bits per heavy atom. The number of benzene rings is 2. The summed E-state index contributed by atoms with van der Waals surface area (Å²) in [7, 11) is 2.13. The van der Waals surface area contributed by atoms with Gasteiger partial charge in [-0.2, -0.15) is 0 Å². The van der Waals surface area contributed by atoms with E-state index in [1.165, 1.54) is 11.1 Å². The van der Waals surface area contributed by atoms with Crippen molar-refractivity contribution in [2.24, 2.45) is 0 Å². The Morgan fingerprint density at radius 3 is 2.16 bits per heavy atom. The number of anilines is 2. The van der Waals surface area contributed by atoms with Crippen LogP contribution < -0.4 is 9.80 Å². The van der Waals surface area contributed by atoms with Crippen molar-refractivity contribution < 1.29 is 4.92 Å². The predicted octanol–water partition coefficient (Wildman–Crippen LogP) is 2.87. The first-order valence-electron chi connectivity index (χ1n) is 8.65. The molecule has 0 saturated carbocycles. The second-order valence-electron chi connectivity index (χ2n) is 6.85. The van der Waals surface area contributed by atoms with Gasteiger partial charge < -0.3 is 14.7 Å². The fourth-order valence-corrected chi connectivity index (χ4v) is 3.68. The zero-order chi connectivity index (χ0) is 17.4. The van der Waals surface area contributed by atoms with Gasteiger partial charge in [-0.15, -0.1) is 0 Å². The molecule has 0 aliphatic carbocycles. The Balaban J connectivity index is 1.66. The van der Waals surface area contributed by atoms with Crippen LogP contribution in [-0.4, -0.2) is 43.0 Å². The van der Waals surface area contributed by atoms with Gasteiger partial charge in [0.1, 0.15) is 5.69 Å². The van der Waals surface area contributed by atoms with E-state index in [1.54, 1.807) is 6.07 Å². The van der Waals surface area contributed by atoms with Crippen LogP contribution in [0.3, 0.4) is 0 Å². The lowest BCUT2D eigenvalue weighted by Crippen LogP contribution is -2.44. The van der Waals surface area contributed by atoms with Crippen LogP contribution in [0, 0.1) is 10.1 Å². The molecule has 1 fully saturated rings. The first kappa shape index (κ1) is 15.9. The predicted molar refractivity (Wildman–Crippen MR) is 99.1 cm³/mol. The smallest absolute Gasteiger partial charge is 0.292 e. The Bertz CT molecular complexity index is 775. The Morgan fingerprint density at radius 2 is 1.56 bits per heavy atom. The summed E-state index contributed by atoms with van der Waals surface area (Å²) in [5.74, 6) is 0. The molecule has 6 heteroatoms. The summed E-state index contributed by atoms with van der Waals surface area (Å²) < 4.78 is 0. The summed E-state index contributed by atoms with van der Waals surface area (Å²) >= 11 is 0. The molecule has 130 valence electrons.